The Balaban J connectivity index is 1.22. The van der Waals surface area contributed by atoms with Crippen LogP contribution in [0.5, 0.6) is 5.75 Å². The fourth-order valence-corrected chi connectivity index (χ4v) is 4.56. The molecule has 146 valence electrons. The van der Waals surface area contributed by atoms with Crippen molar-refractivity contribution in [1.82, 2.24) is 9.88 Å². The largest absolute Gasteiger partial charge is 0.508 e. The van der Waals surface area contributed by atoms with E-state index in [1.807, 2.05) is 12.1 Å². The predicted molar refractivity (Wildman–Crippen MR) is 119 cm³/mol. The fraction of sp³-hybridized carbons (Fsp3) is 0.231. The van der Waals surface area contributed by atoms with E-state index in [-0.39, 0.29) is 0 Å². The third kappa shape index (κ3) is 3.79. The average Bonchev–Trinajstić information content (AvgIpc) is 3.18. The Morgan fingerprint density at radius 2 is 1.59 bits per heavy atom. The van der Waals surface area contributed by atoms with Gasteiger partial charge >= 0.3 is 0 Å². The number of aromatic hydroxyl groups is 1. The zero-order valence-electron chi connectivity index (χ0n) is 16.5. The van der Waals surface area contributed by atoms with E-state index in [2.05, 4.69) is 70.7 Å². The van der Waals surface area contributed by atoms with Gasteiger partial charge in [-0.15, -0.1) is 0 Å². The smallest absolute Gasteiger partial charge is 0.116 e. The lowest BCUT2D eigenvalue weighted by Crippen LogP contribution is -2.32. The molecule has 1 saturated heterocycles. The van der Waals surface area contributed by atoms with Crippen LogP contribution in [0.2, 0.25) is 0 Å². The first kappa shape index (κ1) is 18.0. The van der Waals surface area contributed by atoms with Gasteiger partial charge in [0.1, 0.15) is 5.75 Å². The third-order valence-electron chi connectivity index (χ3n) is 6.19. The Morgan fingerprint density at radius 1 is 0.862 bits per heavy atom. The van der Waals surface area contributed by atoms with Crippen molar-refractivity contribution >= 4 is 10.9 Å². The molecule has 2 N–H and O–H groups in total. The number of hydrogen-bond donors (Lipinski definition) is 2. The van der Waals surface area contributed by atoms with E-state index in [1.165, 1.54) is 27.6 Å². The standard InChI is InChI=1S/C26H26N2O/c29-23-10-11-26-24(16-23)25(17-27-26)22-12-14-28(15-13-22)18-19-6-8-21(9-7-19)20-4-2-1-3-5-20/h1-11,16-17,22,27,29H,12-15,18H2. The van der Waals surface area contributed by atoms with Crippen LogP contribution in [0.25, 0.3) is 22.0 Å². The maximum Gasteiger partial charge on any atom is 0.116 e. The molecule has 0 saturated carbocycles. The van der Waals surface area contributed by atoms with Crippen LogP contribution >= 0.6 is 0 Å². The molecular formula is C26H26N2O. The molecule has 0 radical (unpaired) electrons. The molecular weight excluding hydrogens is 356 g/mol. The summed E-state index contributed by atoms with van der Waals surface area (Å²) in [6.07, 6.45) is 4.45. The number of phenols is 1. The van der Waals surface area contributed by atoms with Gasteiger partial charge in [-0.2, -0.15) is 0 Å². The highest BCUT2D eigenvalue weighted by molar-refractivity contribution is 5.85. The summed E-state index contributed by atoms with van der Waals surface area (Å²) < 4.78 is 0. The number of nitrogens with zero attached hydrogens (tertiary/aromatic N) is 1. The van der Waals surface area contributed by atoms with Crippen LogP contribution in [0.4, 0.5) is 0 Å². The van der Waals surface area contributed by atoms with Gasteiger partial charge in [-0.3, -0.25) is 4.90 Å². The Morgan fingerprint density at radius 3 is 2.34 bits per heavy atom. The average molecular weight is 383 g/mol. The number of rotatable bonds is 4. The molecule has 4 aromatic rings. The topological polar surface area (TPSA) is 39.3 Å². The molecule has 1 aliphatic heterocycles. The van der Waals surface area contributed by atoms with Crippen molar-refractivity contribution in [3.05, 3.63) is 90.1 Å². The maximum atomic E-state index is 9.85. The van der Waals surface area contributed by atoms with Gasteiger partial charge in [0.25, 0.3) is 0 Å². The van der Waals surface area contributed by atoms with Gasteiger partial charge in [0.05, 0.1) is 0 Å². The molecule has 0 amide bonds. The molecule has 0 unspecified atom stereocenters. The maximum absolute atomic E-state index is 9.85. The molecule has 29 heavy (non-hydrogen) atoms. The number of likely N-dealkylation sites (tertiary alicyclic amines) is 1. The monoisotopic (exact) mass is 382 g/mol. The van der Waals surface area contributed by atoms with Gasteiger partial charge in [-0.05, 0) is 72.3 Å². The van der Waals surface area contributed by atoms with Gasteiger partial charge in [-0.1, -0.05) is 54.6 Å². The number of fused-ring (bicyclic) bond motifs is 1. The third-order valence-corrected chi connectivity index (χ3v) is 6.19. The lowest BCUT2D eigenvalue weighted by atomic mass is 9.89. The van der Waals surface area contributed by atoms with Crippen LogP contribution in [0.15, 0.2) is 79.0 Å². The van der Waals surface area contributed by atoms with Crippen LogP contribution in [0, 0.1) is 0 Å². The van der Waals surface area contributed by atoms with E-state index >= 15 is 0 Å². The zero-order chi connectivity index (χ0) is 19.6. The fourth-order valence-electron chi connectivity index (χ4n) is 4.56. The second-order valence-electron chi connectivity index (χ2n) is 8.09. The van der Waals surface area contributed by atoms with Crippen molar-refractivity contribution in [1.29, 1.82) is 0 Å². The minimum Gasteiger partial charge on any atom is -0.508 e. The predicted octanol–water partition coefficient (Wildman–Crippen LogP) is 5.92. The van der Waals surface area contributed by atoms with Crippen LogP contribution in [0.1, 0.15) is 29.9 Å². The second kappa shape index (κ2) is 7.76. The van der Waals surface area contributed by atoms with Gasteiger partial charge < -0.3 is 10.1 Å². The van der Waals surface area contributed by atoms with Gasteiger partial charge in [0, 0.05) is 23.6 Å². The number of phenolic OH excluding ortho intramolecular Hbond substituents is 1. The summed E-state index contributed by atoms with van der Waals surface area (Å²) in [6.45, 7) is 3.23. The van der Waals surface area contributed by atoms with Gasteiger partial charge in [0.2, 0.25) is 0 Å². The Bertz CT molecular complexity index is 1090. The van der Waals surface area contributed by atoms with E-state index in [0.29, 0.717) is 11.7 Å². The summed E-state index contributed by atoms with van der Waals surface area (Å²) in [6, 6.07) is 25.1. The molecule has 1 fully saturated rings. The molecule has 0 atom stereocenters. The Labute approximate surface area is 171 Å². The molecule has 3 heteroatoms. The molecule has 1 aliphatic rings. The summed E-state index contributed by atoms with van der Waals surface area (Å²) >= 11 is 0. The molecule has 0 aliphatic carbocycles. The van der Waals surface area contributed by atoms with Crippen LogP contribution in [-0.4, -0.2) is 28.1 Å². The normalized spacial score (nSPS) is 15.7. The highest BCUT2D eigenvalue weighted by Gasteiger charge is 2.23. The summed E-state index contributed by atoms with van der Waals surface area (Å²) in [4.78, 5) is 5.91. The van der Waals surface area contributed by atoms with E-state index in [0.717, 1.165) is 38.0 Å². The van der Waals surface area contributed by atoms with E-state index in [9.17, 15) is 5.11 Å². The molecule has 3 nitrogen and oxygen atoms in total. The molecule has 0 bridgehead atoms. The van der Waals surface area contributed by atoms with Crippen molar-refractivity contribution in [3.8, 4) is 16.9 Å². The van der Waals surface area contributed by atoms with Gasteiger partial charge in [0.15, 0.2) is 0 Å². The first-order valence-electron chi connectivity index (χ1n) is 10.4. The molecule has 2 heterocycles. The summed E-state index contributed by atoms with van der Waals surface area (Å²) in [5, 5.41) is 11.0. The van der Waals surface area contributed by atoms with Crippen molar-refractivity contribution in [3.63, 3.8) is 0 Å². The highest BCUT2D eigenvalue weighted by atomic mass is 16.3. The SMILES string of the molecule is Oc1ccc2[nH]cc(C3CCN(Cc4ccc(-c5ccccc5)cc4)CC3)c2c1. The zero-order valence-corrected chi connectivity index (χ0v) is 16.5. The van der Waals surface area contributed by atoms with Crippen LogP contribution < -0.4 is 0 Å². The number of aromatic amines is 1. The summed E-state index contributed by atoms with van der Waals surface area (Å²) in [5.41, 5.74) is 6.38. The Kier molecular flexibility index (Phi) is 4.82. The van der Waals surface area contributed by atoms with Crippen molar-refractivity contribution in [2.75, 3.05) is 13.1 Å². The van der Waals surface area contributed by atoms with Gasteiger partial charge in [-0.25, -0.2) is 0 Å². The van der Waals surface area contributed by atoms with Crippen molar-refractivity contribution in [2.24, 2.45) is 0 Å². The lowest BCUT2D eigenvalue weighted by molar-refractivity contribution is 0.205. The number of hydrogen-bond acceptors (Lipinski definition) is 2. The first-order chi connectivity index (χ1) is 14.3. The highest BCUT2D eigenvalue weighted by Crippen LogP contribution is 2.34. The molecule has 1 aromatic heterocycles. The summed E-state index contributed by atoms with van der Waals surface area (Å²) in [5.74, 6) is 0.900. The Hall–Kier alpha value is -3.04. The minimum atomic E-state index is 0.342. The number of benzene rings is 3. The van der Waals surface area contributed by atoms with E-state index in [4.69, 9.17) is 0 Å². The van der Waals surface area contributed by atoms with Crippen LogP contribution in [-0.2, 0) is 6.54 Å². The number of H-pyrrole nitrogens is 1. The quantitative estimate of drug-likeness (QED) is 0.460. The van der Waals surface area contributed by atoms with Crippen LogP contribution in [0.3, 0.4) is 0 Å². The summed E-state index contributed by atoms with van der Waals surface area (Å²) in [7, 11) is 0. The first-order valence-corrected chi connectivity index (χ1v) is 10.4. The van der Waals surface area contributed by atoms with E-state index in [1.54, 1.807) is 6.07 Å². The number of nitrogens with one attached hydrogen (secondary N) is 1. The molecule has 3 aromatic carbocycles. The van der Waals surface area contributed by atoms with E-state index < -0.39 is 0 Å². The van der Waals surface area contributed by atoms with Crippen molar-refractivity contribution < 1.29 is 5.11 Å². The minimum absolute atomic E-state index is 0.342. The number of aromatic nitrogens is 1. The molecule has 0 spiro atoms. The second-order valence-corrected chi connectivity index (χ2v) is 8.09. The molecule has 5 rings (SSSR count). The van der Waals surface area contributed by atoms with Crippen molar-refractivity contribution in [2.45, 2.75) is 25.3 Å². The number of piperidine rings is 1. The lowest BCUT2D eigenvalue weighted by Gasteiger charge is -2.32.